The van der Waals surface area contributed by atoms with E-state index in [1.807, 2.05) is 91.0 Å². The first-order valence-corrected chi connectivity index (χ1v) is 10.9. The number of benzene rings is 3. The molecule has 0 heterocycles. The van der Waals surface area contributed by atoms with E-state index in [9.17, 15) is 5.11 Å². The molecule has 0 radical (unpaired) electrons. The molecule has 0 aliphatic rings. The van der Waals surface area contributed by atoms with Gasteiger partial charge in [-0.15, -0.1) is 0 Å². The zero-order valence-electron chi connectivity index (χ0n) is 13.0. The monoisotopic (exact) mass is 342 g/mol. The molecule has 0 saturated heterocycles. The first kappa shape index (κ1) is 16.2. The average molecular weight is 343 g/mol. The van der Waals surface area contributed by atoms with Crippen LogP contribution in [0.4, 0.5) is 0 Å². The first-order valence-electron chi connectivity index (χ1n) is 7.67. The molecular weight excluding hydrogens is 323 g/mol. The Bertz CT molecular complexity index is 673. The van der Waals surface area contributed by atoms with Gasteiger partial charge in [-0.25, -0.2) is 0 Å². The van der Waals surface area contributed by atoms with Gasteiger partial charge in [0.25, 0.3) is 0 Å². The SMILES string of the molecule is CC(O)P(Cl)(c1ccccc1)(c1ccccc1)c1ccccc1. The molecule has 1 N–H and O–H groups in total. The summed E-state index contributed by atoms with van der Waals surface area (Å²) in [5.74, 6) is -4.19. The molecule has 3 aromatic rings. The quantitative estimate of drug-likeness (QED) is 0.710. The standard InChI is InChI=1S/C20H20ClOP/c1-17(22)23(21,18-11-5-2-6-12-18,19-13-7-3-8-14-19)20-15-9-4-10-16-20/h2-17,22H,1H3. The van der Waals surface area contributed by atoms with Gasteiger partial charge in [-0.3, -0.25) is 0 Å². The van der Waals surface area contributed by atoms with Gasteiger partial charge in [-0.2, -0.15) is 0 Å². The third-order valence-electron chi connectivity index (χ3n) is 4.48. The molecule has 1 atom stereocenters. The van der Waals surface area contributed by atoms with Gasteiger partial charge in [-0.05, 0) is 0 Å². The van der Waals surface area contributed by atoms with Crippen molar-refractivity contribution < 1.29 is 5.11 Å². The van der Waals surface area contributed by atoms with Crippen LogP contribution in [-0.2, 0) is 0 Å². The normalized spacial score (nSPS) is 14.7. The summed E-state index contributed by atoms with van der Waals surface area (Å²) in [5.41, 5.74) is 0. The van der Waals surface area contributed by atoms with Crippen molar-refractivity contribution >= 4 is 33.1 Å². The molecule has 3 rings (SSSR count). The second-order valence-corrected chi connectivity index (χ2v) is 12.3. The number of halogens is 1. The Morgan fingerprint density at radius 1 is 0.652 bits per heavy atom. The van der Waals surface area contributed by atoms with Crippen LogP contribution in [0.3, 0.4) is 0 Å². The second kappa shape index (κ2) is 6.09. The van der Waals surface area contributed by atoms with Gasteiger partial charge in [-0.1, -0.05) is 0 Å². The van der Waals surface area contributed by atoms with Crippen LogP contribution in [0.5, 0.6) is 0 Å². The molecule has 0 aliphatic carbocycles. The zero-order chi connectivity index (χ0) is 16.4. The molecule has 0 amide bonds. The summed E-state index contributed by atoms with van der Waals surface area (Å²) in [5, 5.41) is 13.9. The van der Waals surface area contributed by atoms with Crippen molar-refractivity contribution in [3.63, 3.8) is 0 Å². The van der Waals surface area contributed by atoms with Crippen LogP contribution in [0, 0.1) is 0 Å². The molecule has 0 spiro atoms. The zero-order valence-corrected chi connectivity index (χ0v) is 14.7. The van der Waals surface area contributed by atoms with E-state index in [1.165, 1.54) is 0 Å². The van der Waals surface area contributed by atoms with Crippen LogP contribution in [0.2, 0.25) is 0 Å². The van der Waals surface area contributed by atoms with E-state index in [2.05, 4.69) is 0 Å². The topological polar surface area (TPSA) is 20.2 Å². The third kappa shape index (κ3) is 2.32. The summed E-state index contributed by atoms with van der Waals surface area (Å²) in [6.07, 6.45) is 0. The van der Waals surface area contributed by atoms with E-state index in [4.69, 9.17) is 11.2 Å². The van der Waals surface area contributed by atoms with Crippen molar-refractivity contribution in [3.05, 3.63) is 91.0 Å². The number of aliphatic hydroxyl groups excluding tert-OH is 1. The molecular formula is C20H20ClOP. The van der Waals surface area contributed by atoms with Crippen LogP contribution < -0.4 is 15.9 Å². The Hall–Kier alpha value is -1.66. The van der Waals surface area contributed by atoms with Crippen molar-refractivity contribution in [2.75, 3.05) is 0 Å². The Kier molecular flexibility index (Phi) is 4.29. The summed E-state index contributed by atoms with van der Waals surface area (Å²) in [7, 11) is 0. The van der Waals surface area contributed by atoms with Gasteiger partial charge in [0.2, 0.25) is 0 Å². The van der Waals surface area contributed by atoms with Gasteiger partial charge in [0, 0.05) is 0 Å². The van der Waals surface area contributed by atoms with Crippen LogP contribution in [0.15, 0.2) is 91.0 Å². The van der Waals surface area contributed by atoms with Gasteiger partial charge in [0.05, 0.1) is 0 Å². The third-order valence-corrected chi connectivity index (χ3v) is 12.4. The summed E-state index contributed by atoms with van der Waals surface area (Å²) in [6.45, 7) is 1.80. The van der Waals surface area contributed by atoms with Crippen LogP contribution in [0.1, 0.15) is 6.92 Å². The second-order valence-electron chi connectivity index (χ2n) is 5.71. The van der Waals surface area contributed by atoms with Gasteiger partial charge < -0.3 is 0 Å². The van der Waals surface area contributed by atoms with Crippen LogP contribution in [0.25, 0.3) is 0 Å². The van der Waals surface area contributed by atoms with Gasteiger partial charge in [0.1, 0.15) is 0 Å². The summed E-state index contributed by atoms with van der Waals surface area (Å²) in [4.78, 5) is 0. The maximum absolute atomic E-state index is 11.0. The molecule has 118 valence electrons. The molecule has 23 heavy (non-hydrogen) atoms. The fraction of sp³-hybridized carbons (Fsp3) is 0.100. The fourth-order valence-electron chi connectivity index (χ4n) is 3.25. The summed E-state index contributed by atoms with van der Waals surface area (Å²) in [6, 6.07) is 29.9. The maximum atomic E-state index is 11.0. The molecule has 3 heteroatoms. The molecule has 1 unspecified atom stereocenters. The van der Waals surface area contributed by atoms with Crippen LogP contribution >= 0.6 is 17.2 Å². The van der Waals surface area contributed by atoms with Crippen molar-refractivity contribution in [1.82, 2.24) is 0 Å². The molecule has 0 fully saturated rings. The van der Waals surface area contributed by atoms with E-state index in [0.29, 0.717) is 0 Å². The van der Waals surface area contributed by atoms with E-state index < -0.39 is 11.8 Å². The van der Waals surface area contributed by atoms with Crippen molar-refractivity contribution in [1.29, 1.82) is 0 Å². The Balaban J connectivity index is 2.47. The number of hydrogen-bond acceptors (Lipinski definition) is 1. The molecule has 0 aliphatic heterocycles. The molecule has 0 saturated carbocycles. The predicted octanol–water partition coefficient (Wildman–Crippen LogP) is 4.01. The predicted molar refractivity (Wildman–Crippen MR) is 103 cm³/mol. The summed E-state index contributed by atoms with van der Waals surface area (Å²) >= 11 is 7.59. The van der Waals surface area contributed by atoms with E-state index in [-0.39, 0.29) is 0 Å². The van der Waals surface area contributed by atoms with Crippen LogP contribution in [-0.4, -0.2) is 11.0 Å². The Morgan fingerprint density at radius 3 is 1.13 bits per heavy atom. The van der Waals surface area contributed by atoms with E-state index in [1.54, 1.807) is 6.92 Å². The van der Waals surface area contributed by atoms with E-state index in [0.717, 1.165) is 15.9 Å². The Morgan fingerprint density at radius 2 is 0.913 bits per heavy atom. The first-order chi connectivity index (χ1) is 11.1. The molecule has 0 aromatic heterocycles. The number of hydrogen-bond donors (Lipinski definition) is 1. The minimum absolute atomic E-state index is 0.713. The van der Waals surface area contributed by atoms with Crippen molar-refractivity contribution in [2.45, 2.75) is 12.8 Å². The van der Waals surface area contributed by atoms with Crippen molar-refractivity contribution in [3.8, 4) is 0 Å². The average Bonchev–Trinajstić information content (AvgIpc) is 2.63. The number of aliphatic hydroxyl groups is 1. The molecule has 1 nitrogen and oxygen atoms in total. The van der Waals surface area contributed by atoms with E-state index >= 15 is 0 Å². The summed E-state index contributed by atoms with van der Waals surface area (Å²) < 4.78 is 0. The van der Waals surface area contributed by atoms with Crippen molar-refractivity contribution in [2.24, 2.45) is 0 Å². The fourth-order valence-corrected chi connectivity index (χ4v) is 8.72. The number of rotatable bonds is 4. The van der Waals surface area contributed by atoms with Gasteiger partial charge >= 0.3 is 142 Å². The van der Waals surface area contributed by atoms with Gasteiger partial charge in [0.15, 0.2) is 0 Å². The molecule has 0 bridgehead atoms. The minimum atomic E-state index is -3.48. The Labute approximate surface area is 142 Å². The molecule has 3 aromatic carbocycles.